The average Bonchev–Trinajstić information content (AvgIpc) is 2.70. The van der Waals surface area contributed by atoms with E-state index in [4.69, 9.17) is 4.74 Å². The largest absolute Gasteiger partial charge is 0.496 e. The average molecular weight is 400 g/mol. The number of sulfonamides is 1. The summed E-state index contributed by atoms with van der Waals surface area (Å²) >= 11 is 0. The maximum absolute atomic E-state index is 12.7. The molecule has 0 radical (unpaired) electrons. The molecule has 3 rings (SSSR count). The minimum Gasteiger partial charge on any atom is -0.496 e. The van der Waals surface area contributed by atoms with Crippen molar-refractivity contribution in [1.29, 1.82) is 0 Å². The Labute approximate surface area is 166 Å². The van der Waals surface area contributed by atoms with Crippen molar-refractivity contribution >= 4 is 20.8 Å². The number of ether oxygens (including phenoxy) is 1. The van der Waals surface area contributed by atoms with Crippen LogP contribution in [0.5, 0.6) is 5.75 Å². The van der Waals surface area contributed by atoms with Gasteiger partial charge in [0, 0.05) is 30.4 Å². The fourth-order valence-corrected chi connectivity index (χ4v) is 4.33. The van der Waals surface area contributed by atoms with Gasteiger partial charge in [-0.2, -0.15) is 0 Å². The third-order valence-corrected chi connectivity index (χ3v) is 6.08. The van der Waals surface area contributed by atoms with Crippen LogP contribution in [0.25, 0.3) is 10.8 Å². The van der Waals surface area contributed by atoms with Crippen molar-refractivity contribution in [3.05, 3.63) is 66.5 Å². The summed E-state index contributed by atoms with van der Waals surface area (Å²) in [6, 6.07) is 14.5. The summed E-state index contributed by atoms with van der Waals surface area (Å²) in [5, 5.41) is 5.06. The Kier molecular flexibility index (Phi) is 6.61. The molecule has 0 amide bonds. The number of hydrogen-bond donors (Lipinski definition) is 2. The number of methoxy groups -OCH3 is 1. The number of benzene rings is 2. The second-order valence-corrected chi connectivity index (χ2v) is 8.39. The standard InChI is InChI=1S/C21H25N3O3S/c1-16(14-22-11-9-17-5-3-4-6-21(17)27-2)24-28(25,26)20-8-7-19-15-23-12-10-18(19)13-20/h3-8,10,12-13,15-16,22,24H,9,11,14H2,1-2H3/t16-/m1/s1. The predicted molar refractivity (Wildman–Crippen MR) is 111 cm³/mol. The zero-order valence-corrected chi connectivity index (χ0v) is 16.9. The van der Waals surface area contributed by atoms with Crippen molar-refractivity contribution in [2.75, 3.05) is 20.2 Å². The molecular weight excluding hydrogens is 374 g/mol. The molecule has 0 saturated heterocycles. The highest BCUT2D eigenvalue weighted by atomic mass is 32.2. The third kappa shape index (κ3) is 5.07. The van der Waals surface area contributed by atoms with Gasteiger partial charge in [-0.15, -0.1) is 0 Å². The molecule has 0 bridgehead atoms. The number of pyridine rings is 1. The lowest BCUT2D eigenvalue weighted by molar-refractivity contribution is 0.409. The molecule has 0 aliphatic heterocycles. The van der Waals surface area contributed by atoms with E-state index >= 15 is 0 Å². The summed E-state index contributed by atoms with van der Waals surface area (Å²) in [5.41, 5.74) is 1.12. The molecule has 28 heavy (non-hydrogen) atoms. The third-order valence-electron chi connectivity index (χ3n) is 4.49. The van der Waals surface area contributed by atoms with Crippen molar-refractivity contribution in [2.45, 2.75) is 24.3 Å². The highest BCUT2D eigenvalue weighted by molar-refractivity contribution is 7.89. The molecule has 1 heterocycles. The summed E-state index contributed by atoms with van der Waals surface area (Å²) in [7, 11) is -1.92. The number of fused-ring (bicyclic) bond motifs is 1. The van der Waals surface area contributed by atoms with Gasteiger partial charge in [0.15, 0.2) is 0 Å². The van der Waals surface area contributed by atoms with Crippen molar-refractivity contribution < 1.29 is 13.2 Å². The van der Waals surface area contributed by atoms with E-state index in [1.165, 1.54) is 0 Å². The van der Waals surface area contributed by atoms with Crippen molar-refractivity contribution in [2.24, 2.45) is 0 Å². The highest BCUT2D eigenvalue weighted by Gasteiger charge is 2.17. The Bertz CT molecular complexity index is 1040. The Balaban J connectivity index is 1.53. The van der Waals surface area contributed by atoms with E-state index in [-0.39, 0.29) is 10.9 Å². The Morgan fingerprint density at radius 3 is 2.75 bits per heavy atom. The van der Waals surface area contributed by atoms with E-state index in [9.17, 15) is 8.42 Å². The van der Waals surface area contributed by atoms with E-state index in [1.54, 1.807) is 43.8 Å². The number of aromatic nitrogens is 1. The Morgan fingerprint density at radius 2 is 1.93 bits per heavy atom. The first-order valence-corrected chi connectivity index (χ1v) is 10.7. The molecule has 1 aromatic heterocycles. The minimum atomic E-state index is -3.58. The maximum Gasteiger partial charge on any atom is 0.240 e. The zero-order chi connectivity index (χ0) is 20.0. The number of hydrogen-bond acceptors (Lipinski definition) is 5. The SMILES string of the molecule is COc1ccccc1CCNC[C@@H](C)NS(=O)(=O)c1ccc2cnccc2c1. The van der Waals surface area contributed by atoms with Crippen LogP contribution in [0.15, 0.2) is 65.8 Å². The lowest BCUT2D eigenvalue weighted by Crippen LogP contribution is -2.40. The number of rotatable bonds is 9. The van der Waals surface area contributed by atoms with E-state index in [2.05, 4.69) is 15.0 Å². The van der Waals surface area contributed by atoms with Gasteiger partial charge in [-0.25, -0.2) is 13.1 Å². The first kappa shape index (κ1) is 20.3. The van der Waals surface area contributed by atoms with E-state index in [1.807, 2.05) is 31.2 Å². The maximum atomic E-state index is 12.7. The summed E-state index contributed by atoms with van der Waals surface area (Å²) in [6.45, 7) is 3.11. The van der Waals surface area contributed by atoms with Crippen LogP contribution in [0.1, 0.15) is 12.5 Å². The zero-order valence-electron chi connectivity index (χ0n) is 16.1. The van der Waals surface area contributed by atoms with Crippen molar-refractivity contribution in [3.63, 3.8) is 0 Å². The summed E-state index contributed by atoms with van der Waals surface area (Å²) < 4.78 is 33.4. The first-order chi connectivity index (χ1) is 13.5. The van der Waals surface area contributed by atoms with Gasteiger partial charge in [0.1, 0.15) is 5.75 Å². The van der Waals surface area contributed by atoms with Gasteiger partial charge in [-0.05, 0) is 55.1 Å². The molecule has 0 saturated carbocycles. The van der Waals surface area contributed by atoms with Crippen molar-refractivity contribution in [1.82, 2.24) is 15.0 Å². The fraction of sp³-hybridized carbons (Fsp3) is 0.286. The van der Waals surface area contributed by atoms with Crippen LogP contribution in [-0.4, -0.2) is 39.6 Å². The normalized spacial score (nSPS) is 12.8. The fourth-order valence-electron chi connectivity index (χ4n) is 3.05. The quantitative estimate of drug-likeness (QED) is 0.541. The molecule has 3 aromatic rings. The molecule has 2 N–H and O–H groups in total. The molecular formula is C21H25N3O3S. The van der Waals surface area contributed by atoms with Gasteiger partial charge in [-0.1, -0.05) is 24.3 Å². The smallest absolute Gasteiger partial charge is 0.240 e. The summed E-state index contributed by atoms with van der Waals surface area (Å²) in [5.74, 6) is 0.865. The first-order valence-electron chi connectivity index (χ1n) is 9.18. The van der Waals surface area contributed by atoms with Gasteiger partial charge < -0.3 is 10.1 Å². The Hall–Kier alpha value is -2.48. The monoisotopic (exact) mass is 399 g/mol. The molecule has 0 aliphatic rings. The number of para-hydroxylation sites is 1. The van der Waals surface area contributed by atoms with Crippen LogP contribution in [-0.2, 0) is 16.4 Å². The Morgan fingerprint density at radius 1 is 1.11 bits per heavy atom. The van der Waals surface area contributed by atoms with Crippen LogP contribution in [0.3, 0.4) is 0 Å². The van der Waals surface area contributed by atoms with E-state index < -0.39 is 10.0 Å². The van der Waals surface area contributed by atoms with E-state index in [0.717, 1.165) is 35.1 Å². The molecule has 0 spiro atoms. The van der Waals surface area contributed by atoms with Crippen molar-refractivity contribution in [3.8, 4) is 5.75 Å². The topological polar surface area (TPSA) is 80.3 Å². The van der Waals surface area contributed by atoms with Gasteiger partial charge in [0.05, 0.1) is 12.0 Å². The highest BCUT2D eigenvalue weighted by Crippen LogP contribution is 2.19. The van der Waals surface area contributed by atoms with E-state index in [0.29, 0.717) is 6.54 Å². The minimum absolute atomic E-state index is 0.240. The van der Waals surface area contributed by atoms with Gasteiger partial charge >= 0.3 is 0 Å². The van der Waals surface area contributed by atoms with Crippen LogP contribution in [0.4, 0.5) is 0 Å². The number of nitrogens with zero attached hydrogens (tertiary/aromatic N) is 1. The van der Waals surface area contributed by atoms with Crippen LogP contribution < -0.4 is 14.8 Å². The summed E-state index contributed by atoms with van der Waals surface area (Å²) in [6.07, 6.45) is 4.18. The molecule has 0 fully saturated rings. The number of nitrogens with one attached hydrogen (secondary N) is 2. The lowest BCUT2D eigenvalue weighted by Gasteiger charge is -2.16. The predicted octanol–water partition coefficient (Wildman–Crippen LogP) is 2.74. The molecule has 1 atom stereocenters. The molecule has 148 valence electrons. The van der Waals surface area contributed by atoms with Crippen LogP contribution in [0, 0.1) is 0 Å². The molecule has 7 heteroatoms. The van der Waals surface area contributed by atoms with Crippen LogP contribution in [0.2, 0.25) is 0 Å². The van der Waals surface area contributed by atoms with Gasteiger partial charge in [0.25, 0.3) is 0 Å². The van der Waals surface area contributed by atoms with Gasteiger partial charge in [-0.3, -0.25) is 4.98 Å². The second-order valence-electron chi connectivity index (χ2n) is 6.67. The lowest BCUT2D eigenvalue weighted by atomic mass is 10.1. The molecule has 0 aliphatic carbocycles. The molecule has 0 unspecified atom stereocenters. The molecule has 2 aromatic carbocycles. The van der Waals surface area contributed by atoms with Crippen LogP contribution >= 0.6 is 0 Å². The second kappa shape index (κ2) is 9.14. The summed E-state index contributed by atoms with van der Waals surface area (Å²) in [4.78, 5) is 4.30. The van der Waals surface area contributed by atoms with Gasteiger partial charge in [0.2, 0.25) is 10.0 Å². The molecule has 6 nitrogen and oxygen atoms in total.